The fourth-order valence-corrected chi connectivity index (χ4v) is 3.03. The third kappa shape index (κ3) is 4.79. The first-order chi connectivity index (χ1) is 13.8. The van der Waals surface area contributed by atoms with Crippen molar-refractivity contribution in [2.45, 2.75) is 19.4 Å². The molecule has 0 aliphatic rings. The number of aliphatic carboxylic acids is 1. The molecule has 2 aromatic heterocycles. The molecule has 7 N–H and O–H groups in total. The van der Waals surface area contributed by atoms with E-state index in [4.69, 9.17) is 11.5 Å². The van der Waals surface area contributed by atoms with Gasteiger partial charge in [0.15, 0.2) is 5.96 Å². The number of carbonyl (C=O) groups is 1. The second-order valence-corrected chi connectivity index (χ2v) is 6.63. The van der Waals surface area contributed by atoms with E-state index in [1.165, 1.54) is 4.57 Å². The van der Waals surface area contributed by atoms with Crippen LogP contribution in [0.15, 0.2) is 46.3 Å². The minimum atomic E-state index is -0.998. The number of benzene rings is 1. The summed E-state index contributed by atoms with van der Waals surface area (Å²) in [5.74, 6) is -0.990. The van der Waals surface area contributed by atoms with Gasteiger partial charge in [0.1, 0.15) is 11.7 Å². The van der Waals surface area contributed by atoms with E-state index in [0.29, 0.717) is 36.4 Å². The summed E-state index contributed by atoms with van der Waals surface area (Å²) in [6, 6.07) is 7.76. The summed E-state index contributed by atoms with van der Waals surface area (Å²) < 4.78 is 1.43. The highest BCUT2D eigenvalue weighted by Gasteiger charge is 2.19. The van der Waals surface area contributed by atoms with Crippen LogP contribution in [0.25, 0.3) is 16.7 Å². The van der Waals surface area contributed by atoms with Gasteiger partial charge in [-0.25, -0.2) is 4.79 Å². The van der Waals surface area contributed by atoms with Crippen molar-refractivity contribution in [1.82, 2.24) is 19.9 Å². The number of aromatic amines is 1. The Kier molecular flexibility index (Phi) is 5.93. The van der Waals surface area contributed by atoms with Gasteiger partial charge in [0.05, 0.1) is 5.69 Å². The minimum Gasteiger partial charge on any atom is -0.480 e. The molecule has 10 heteroatoms. The predicted octanol–water partition coefficient (Wildman–Crippen LogP) is 0.401. The number of guanidine groups is 1. The molecule has 0 radical (unpaired) electrons. The van der Waals surface area contributed by atoms with E-state index in [9.17, 15) is 14.7 Å². The summed E-state index contributed by atoms with van der Waals surface area (Å²) in [5, 5.41) is 13.3. The average Bonchev–Trinajstić information content (AvgIpc) is 3.02. The fraction of sp³-hybridized carbons (Fsp3) is 0.263. The SMILES string of the molecule is Cc1cc2cn(-c3ccc([C@@H](NCCCN=C(N)N)C(=O)O)cc3)c(=O)nc2[nH]1. The Morgan fingerprint density at radius 1 is 1.34 bits per heavy atom. The summed E-state index contributed by atoms with van der Waals surface area (Å²) in [6.07, 6.45) is 2.30. The molecule has 0 aliphatic heterocycles. The fourth-order valence-electron chi connectivity index (χ4n) is 3.03. The third-order valence-corrected chi connectivity index (χ3v) is 4.37. The highest BCUT2D eigenvalue weighted by molar-refractivity contribution is 5.77. The summed E-state index contributed by atoms with van der Waals surface area (Å²) in [4.78, 5) is 34.9. The van der Waals surface area contributed by atoms with Gasteiger partial charge in [0.25, 0.3) is 0 Å². The zero-order valence-corrected chi connectivity index (χ0v) is 15.9. The number of nitrogens with one attached hydrogen (secondary N) is 2. The molecule has 0 unspecified atom stereocenters. The number of nitrogens with two attached hydrogens (primary N) is 2. The smallest absolute Gasteiger partial charge is 0.354 e. The quantitative estimate of drug-likeness (QED) is 0.208. The van der Waals surface area contributed by atoms with Crippen molar-refractivity contribution in [3.05, 3.63) is 58.3 Å². The Hall–Kier alpha value is -3.66. The van der Waals surface area contributed by atoms with E-state index in [1.807, 2.05) is 13.0 Å². The number of H-pyrrole nitrogens is 1. The van der Waals surface area contributed by atoms with Crippen molar-refractivity contribution in [3.8, 4) is 5.69 Å². The molecule has 1 aromatic carbocycles. The molecule has 3 rings (SSSR count). The predicted molar refractivity (Wildman–Crippen MR) is 110 cm³/mol. The van der Waals surface area contributed by atoms with Gasteiger partial charge in [-0.2, -0.15) is 4.98 Å². The maximum Gasteiger partial charge on any atom is 0.354 e. The molecule has 1 atom stereocenters. The normalized spacial score (nSPS) is 12.0. The molecular weight excluding hydrogens is 374 g/mol. The molecule has 152 valence electrons. The van der Waals surface area contributed by atoms with Gasteiger partial charge in [-0.05, 0) is 43.7 Å². The number of aliphatic imine (C=N–C) groups is 1. The zero-order chi connectivity index (χ0) is 21.0. The van der Waals surface area contributed by atoms with Crippen molar-refractivity contribution >= 4 is 23.0 Å². The second-order valence-electron chi connectivity index (χ2n) is 6.63. The first-order valence-corrected chi connectivity index (χ1v) is 9.06. The molecule has 10 nitrogen and oxygen atoms in total. The van der Waals surface area contributed by atoms with Gasteiger partial charge >= 0.3 is 11.7 Å². The van der Waals surface area contributed by atoms with Crippen LogP contribution in [0.2, 0.25) is 0 Å². The van der Waals surface area contributed by atoms with Crippen molar-refractivity contribution in [3.63, 3.8) is 0 Å². The van der Waals surface area contributed by atoms with Gasteiger partial charge in [-0.3, -0.25) is 14.4 Å². The Labute approximate surface area is 166 Å². The summed E-state index contributed by atoms with van der Waals surface area (Å²) in [7, 11) is 0. The van der Waals surface area contributed by atoms with E-state index in [1.54, 1.807) is 30.5 Å². The van der Waals surface area contributed by atoms with Crippen molar-refractivity contribution in [2.75, 3.05) is 13.1 Å². The highest BCUT2D eigenvalue weighted by Crippen LogP contribution is 2.17. The summed E-state index contributed by atoms with van der Waals surface area (Å²) in [6.45, 7) is 2.74. The van der Waals surface area contributed by atoms with E-state index < -0.39 is 17.7 Å². The molecule has 2 heterocycles. The highest BCUT2D eigenvalue weighted by atomic mass is 16.4. The van der Waals surface area contributed by atoms with Gasteiger partial charge < -0.3 is 26.9 Å². The van der Waals surface area contributed by atoms with Crippen LogP contribution in [0.1, 0.15) is 23.7 Å². The van der Waals surface area contributed by atoms with E-state index in [2.05, 4.69) is 20.3 Å². The van der Waals surface area contributed by atoms with Crippen LogP contribution in [0.5, 0.6) is 0 Å². The van der Waals surface area contributed by atoms with Crippen LogP contribution in [0.4, 0.5) is 0 Å². The second kappa shape index (κ2) is 8.57. The van der Waals surface area contributed by atoms with Gasteiger partial charge in [0, 0.05) is 23.8 Å². The molecular formula is C19H23N7O3. The maximum atomic E-state index is 12.3. The summed E-state index contributed by atoms with van der Waals surface area (Å²) in [5.41, 5.74) is 12.7. The van der Waals surface area contributed by atoms with E-state index >= 15 is 0 Å². The molecule has 0 aliphatic carbocycles. The number of nitrogens with zero attached hydrogens (tertiary/aromatic N) is 3. The van der Waals surface area contributed by atoms with Crippen molar-refractivity contribution in [1.29, 1.82) is 0 Å². The van der Waals surface area contributed by atoms with Gasteiger partial charge in [-0.15, -0.1) is 0 Å². The van der Waals surface area contributed by atoms with E-state index in [-0.39, 0.29) is 5.96 Å². The first kappa shape index (κ1) is 20.1. The molecule has 0 spiro atoms. The molecule has 0 amide bonds. The molecule has 0 saturated heterocycles. The molecule has 0 bridgehead atoms. The molecule has 3 aromatic rings. The number of aromatic nitrogens is 3. The van der Waals surface area contributed by atoms with Gasteiger partial charge in [-0.1, -0.05) is 12.1 Å². The number of hydrogen-bond acceptors (Lipinski definition) is 5. The Balaban J connectivity index is 1.77. The monoisotopic (exact) mass is 397 g/mol. The Bertz CT molecular complexity index is 1100. The standard InChI is InChI=1S/C19H23N7O3/c1-11-9-13-10-26(19(29)25-16(13)24-11)14-5-3-12(4-6-14)15(17(27)28)22-7-2-8-23-18(20)21/h3-6,9-10,15,22H,2,7-8H2,1H3,(H,27,28)(H4,20,21,23)(H,24,25,29)/t15-/m1/s1. The molecule has 0 saturated carbocycles. The third-order valence-electron chi connectivity index (χ3n) is 4.37. The number of hydrogen-bond donors (Lipinski definition) is 5. The number of fused-ring (bicyclic) bond motifs is 1. The number of carboxylic acid groups (broad SMARTS) is 1. The number of carboxylic acids is 1. The lowest BCUT2D eigenvalue weighted by Crippen LogP contribution is -2.30. The molecule has 29 heavy (non-hydrogen) atoms. The lowest BCUT2D eigenvalue weighted by Gasteiger charge is -2.15. The lowest BCUT2D eigenvalue weighted by atomic mass is 10.1. The topological polar surface area (TPSA) is 164 Å². The van der Waals surface area contributed by atoms with Crippen molar-refractivity contribution in [2.24, 2.45) is 16.5 Å². The van der Waals surface area contributed by atoms with Crippen molar-refractivity contribution < 1.29 is 9.90 Å². The zero-order valence-electron chi connectivity index (χ0n) is 15.9. The minimum absolute atomic E-state index is 0.00749. The van der Waals surface area contributed by atoms with Crippen LogP contribution in [-0.4, -0.2) is 44.7 Å². The van der Waals surface area contributed by atoms with Crippen LogP contribution in [-0.2, 0) is 4.79 Å². The maximum absolute atomic E-state index is 12.3. The van der Waals surface area contributed by atoms with Gasteiger partial charge in [0.2, 0.25) is 0 Å². The van der Waals surface area contributed by atoms with Crippen LogP contribution >= 0.6 is 0 Å². The van der Waals surface area contributed by atoms with Crippen LogP contribution in [0.3, 0.4) is 0 Å². The number of aryl methyl sites for hydroxylation is 1. The lowest BCUT2D eigenvalue weighted by molar-refractivity contribution is -0.139. The average molecular weight is 397 g/mol. The summed E-state index contributed by atoms with van der Waals surface area (Å²) >= 11 is 0. The van der Waals surface area contributed by atoms with Crippen LogP contribution < -0.4 is 22.5 Å². The largest absolute Gasteiger partial charge is 0.480 e. The van der Waals surface area contributed by atoms with Crippen LogP contribution in [0, 0.1) is 6.92 Å². The number of rotatable bonds is 8. The molecule has 0 fully saturated rings. The first-order valence-electron chi connectivity index (χ1n) is 9.06. The Morgan fingerprint density at radius 3 is 2.72 bits per heavy atom. The Morgan fingerprint density at radius 2 is 2.07 bits per heavy atom. The van der Waals surface area contributed by atoms with E-state index in [0.717, 1.165) is 11.1 Å².